The van der Waals surface area contributed by atoms with Crippen LogP contribution >= 0.6 is 0 Å². The molecule has 1 aliphatic rings. The highest BCUT2D eigenvalue weighted by Crippen LogP contribution is 2.24. The Kier molecular flexibility index (Phi) is 4.76. The van der Waals surface area contributed by atoms with Crippen LogP contribution in [-0.4, -0.2) is 28.9 Å². The van der Waals surface area contributed by atoms with Gasteiger partial charge in [-0.1, -0.05) is 0 Å². The van der Waals surface area contributed by atoms with Crippen LogP contribution in [0.4, 0.5) is 5.69 Å². The molecule has 6 heteroatoms. The Labute approximate surface area is 142 Å². The molecule has 1 atom stereocenters. The maximum absolute atomic E-state index is 12.1. The lowest BCUT2D eigenvalue weighted by Gasteiger charge is -2.15. The smallest absolute Gasteiger partial charge is 0.343 e. The van der Waals surface area contributed by atoms with Crippen LogP contribution in [0.25, 0.3) is 0 Å². The predicted octanol–water partition coefficient (Wildman–Crippen LogP) is 2.77. The average Bonchev–Trinajstić information content (AvgIpc) is 3.01. The maximum Gasteiger partial charge on any atom is 0.343 e. The summed E-state index contributed by atoms with van der Waals surface area (Å²) in [6.07, 6.45) is 3.03. The van der Waals surface area contributed by atoms with E-state index in [1.165, 1.54) is 0 Å². The van der Waals surface area contributed by atoms with Crippen LogP contribution in [0.5, 0.6) is 5.75 Å². The maximum atomic E-state index is 12.1. The quantitative estimate of drug-likeness (QED) is 0.632. The van der Waals surface area contributed by atoms with Gasteiger partial charge in [-0.15, -0.1) is 0 Å². The van der Waals surface area contributed by atoms with E-state index in [1.54, 1.807) is 59.7 Å². The first-order valence-corrected chi connectivity index (χ1v) is 9.16. The zero-order valence-corrected chi connectivity index (χ0v) is 14.0. The molecule has 5 nitrogen and oxygen atoms in total. The molecular weight excluding hydrogens is 326 g/mol. The van der Waals surface area contributed by atoms with Crippen molar-refractivity contribution >= 4 is 28.4 Å². The average molecular weight is 343 g/mol. The molecule has 0 radical (unpaired) electrons. The third kappa shape index (κ3) is 3.54. The number of carbonyl (C=O) groups excluding carboxylic acids is 2. The van der Waals surface area contributed by atoms with Gasteiger partial charge in [0.2, 0.25) is 5.91 Å². The number of ether oxygens (including phenoxy) is 1. The van der Waals surface area contributed by atoms with Crippen molar-refractivity contribution < 1.29 is 18.5 Å². The lowest BCUT2D eigenvalue weighted by atomic mass is 10.2. The summed E-state index contributed by atoms with van der Waals surface area (Å²) in [6.45, 7) is 0.725. The van der Waals surface area contributed by atoms with Gasteiger partial charge >= 0.3 is 5.97 Å². The number of nitrogens with zero attached hydrogens (tertiary/aromatic N) is 1. The van der Waals surface area contributed by atoms with Gasteiger partial charge < -0.3 is 9.64 Å². The van der Waals surface area contributed by atoms with E-state index in [2.05, 4.69) is 0 Å². The molecule has 1 heterocycles. The lowest BCUT2D eigenvalue weighted by Crippen LogP contribution is -2.23. The highest BCUT2D eigenvalue weighted by atomic mass is 32.2. The molecule has 1 unspecified atom stereocenters. The van der Waals surface area contributed by atoms with E-state index < -0.39 is 16.8 Å². The number of rotatable bonds is 4. The number of esters is 1. The van der Waals surface area contributed by atoms with E-state index in [-0.39, 0.29) is 5.91 Å². The van der Waals surface area contributed by atoms with Crippen LogP contribution in [0, 0.1) is 0 Å². The van der Waals surface area contributed by atoms with Gasteiger partial charge in [-0.3, -0.25) is 9.00 Å². The fourth-order valence-corrected chi connectivity index (χ4v) is 3.08. The molecule has 0 spiro atoms. The summed E-state index contributed by atoms with van der Waals surface area (Å²) in [5, 5.41) is 0. The van der Waals surface area contributed by atoms with Crippen molar-refractivity contribution in [2.45, 2.75) is 17.7 Å². The first kappa shape index (κ1) is 16.4. The van der Waals surface area contributed by atoms with E-state index in [0.717, 1.165) is 18.7 Å². The second-order valence-corrected chi connectivity index (χ2v) is 6.89. The molecular formula is C18H17NO4S. The van der Waals surface area contributed by atoms with Crippen LogP contribution in [0.1, 0.15) is 23.2 Å². The Morgan fingerprint density at radius 2 is 1.75 bits per heavy atom. The molecule has 0 aromatic heterocycles. The van der Waals surface area contributed by atoms with Gasteiger partial charge in [0, 0.05) is 40.6 Å². The molecule has 0 N–H and O–H groups in total. The molecule has 1 aliphatic heterocycles. The Morgan fingerprint density at radius 1 is 1.08 bits per heavy atom. The van der Waals surface area contributed by atoms with Crippen LogP contribution < -0.4 is 9.64 Å². The molecule has 2 aromatic rings. The first-order chi connectivity index (χ1) is 11.5. The minimum atomic E-state index is -1.08. The molecule has 1 saturated heterocycles. The van der Waals surface area contributed by atoms with Crippen molar-refractivity contribution in [1.29, 1.82) is 0 Å². The number of benzene rings is 2. The summed E-state index contributed by atoms with van der Waals surface area (Å²) in [6, 6.07) is 13.4. The zero-order valence-electron chi connectivity index (χ0n) is 13.2. The number of amides is 1. The fraction of sp³-hybridized carbons (Fsp3) is 0.222. The van der Waals surface area contributed by atoms with Gasteiger partial charge in [0.05, 0.1) is 5.56 Å². The van der Waals surface area contributed by atoms with Crippen molar-refractivity contribution in [1.82, 2.24) is 0 Å². The summed E-state index contributed by atoms with van der Waals surface area (Å²) in [7, 11) is -1.08. The highest BCUT2D eigenvalue weighted by Gasteiger charge is 2.21. The number of hydrogen-bond acceptors (Lipinski definition) is 4. The molecule has 0 bridgehead atoms. The molecule has 124 valence electrons. The van der Waals surface area contributed by atoms with Gasteiger partial charge in [-0.05, 0) is 55.0 Å². The van der Waals surface area contributed by atoms with E-state index in [1.807, 2.05) is 0 Å². The Balaban J connectivity index is 1.68. The summed E-state index contributed by atoms with van der Waals surface area (Å²) in [5.74, 6) is 0.0557. The van der Waals surface area contributed by atoms with Gasteiger partial charge in [-0.25, -0.2) is 4.79 Å². The standard InChI is InChI=1S/C18H17NO4S/c1-24(22)16-10-4-13(5-11-16)18(21)23-15-8-6-14(7-9-15)19-12-2-3-17(19)20/h4-11H,2-3,12H2,1H3. The van der Waals surface area contributed by atoms with Gasteiger partial charge in [-0.2, -0.15) is 0 Å². The third-order valence-electron chi connectivity index (χ3n) is 3.85. The minimum Gasteiger partial charge on any atom is -0.423 e. The van der Waals surface area contributed by atoms with Crippen LogP contribution in [0.15, 0.2) is 53.4 Å². The lowest BCUT2D eigenvalue weighted by molar-refractivity contribution is -0.117. The molecule has 0 aliphatic carbocycles. The largest absolute Gasteiger partial charge is 0.423 e. The van der Waals surface area contributed by atoms with Gasteiger partial charge in [0.1, 0.15) is 5.75 Å². The minimum absolute atomic E-state index is 0.119. The second-order valence-electron chi connectivity index (χ2n) is 5.51. The highest BCUT2D eigenvalue weighted by molar-refractivity contribution is 7.84. The van der Waals surface area contributed by atoms with Crippen molar-refractivity contribution in [2.75, 3.05) is 17.7 Å². The van der Waals surface area contributed by atoms with Crippen molar-refractivity contribution in [2.24, 2.45) is 0 Å². The third-order valence-corrected chi connectivity index (χ3v) is 4.79. The number of anilines is 1. The molecule has 1 amide bonds. The zero-order chi connectivity index (χ0) is 17.1. The summed E-state index contributed by atoms with van der Waals surface area (Å²) in [4.78, 5) is 26.2. The summed E-state index contributed by atoms with van der Waals surface area (Å²) >= 11 is 0. The van der Waals surface area contributed by atoms with Crippen LogP contribution in [0.2, 0.25) is 0 Å². The van der Waals surface area contributed by atoms with Crippen LogP contribution in [-0.2, 0) is 15.6 Å². The Morgan fingerprint density at radius 3 is 2.29 bits per heavy atom. The molecule has 3 rings (SSSR count). The Bertz CT molecular complexity index is 784. The SMILES string of the molecule is CS(=O)c1ccc(C(=O)Oc2ccc(N3CCCC3=O)cc2)cc1. The number of hydrogen-bond donors (Lipinski definition) is 0. The number of carbonyl (C=O) groups is 2. The summed E-state index contributed by atoms with van der Waals surface area (Å²) < 4.78 is 16.7. The van der Waals surface area contributed by atoms with E-state index in [0.29, 0.717) is 22.6 Å². The fourth-order valence-electron chi connectivity index (χ4n) is 2.56. The normalized spacial score (nSPS) is 15.4. The second kappa shape index (κ2) is 6.97. The molecule has 1 fully saturated rings. The van der Waals surface area contributed by atoms with Crippen molar-refractivity contribution in [3.05, 3.63) is 54.1 Å². The van der Waals surface area contributed by atoms with Gasteiger partial charge in [0.25, 0.3) is 0 Å². The van der Waals surface area contributed by atoms with Crippen molar-refractivity contribution in [3.63, 3.8) is 0 Å². The van der Waals surface area contributed by atoms with Crippen molar-refractivity contribution in [3.8, 4) is 5.75 Å². The van der Waals surface area contributed by atoms with E-state index in [4.69, 9.17) is 4.74 Å². The van der Waals surface area contributed by atoms with E-state index in [9.17, 15) is 13.8 Å². The topological polar surface area (TPSA) is 63.7 Å². The Hall–Kier alpha value is -2.47. The molecule has 2 aromatic carbocycles. The molecule has 24 heavy (non-hydrogen) atoms. The van der Waals surface area contributed by atoms with E-state index >= 15 is 0 Å². The van der Waals surface area contributed by atoms with Gasteiger partial charge in [0.15, 0.2) is 0 Å². The monoisotopic (exact) mass is 343 g/mol. The summed E-state index contributed by atoms with van der Waals surface area (Å²) in [5.41, 5.74) is 1.20. The van der Waals surface area contributed by atoms with Crippen LogP contribution in [0.3, 0.4) is 0 Å². The molecule has 0 saturated carbocycles. The first-order valence-electron chi connectivity index (χ1n) is 7.61. The predicted molar refractivity (Wildman–Crippen MR) is 91.8 cm³/mol.